The topological polar surface area (TPSA) is 171 Å². The van der Waals surface area contributed by atoms with Gasteiger partial charge in [0.1, 0.15) is 23.1 Å². The number of fused-ring (bicyclic) bond motifs is 1. The highest BCUT2D eigenvalue weighted by Crippen LogP contribution is 2.41. The predicted octanol–water partition coefficient (Wildman–Crippen LogP) is 4.18. The van der Waals surface area contributed by atoms with Crippen LogP contribution in [-0.4, -0.2) is 60.3 Å². The van der Waals surface area contributed by atoms with Gasteiger partial charge in [-0.05, 0) is 42.5 Å². The molecule has 4 N–H and O–H groups in total. The minimum atomic E-state index is -0.438. The van der Waals surface area contributed by atoms with Crippen LogP contribution in [0.1, 0.15) is 15.9 Å². The number of nitrogens with zero attached hydrogens (tertiary/aromatic N) is 3. The van der Waals surface area contributed by atoms with Crippen molar-refractivity contribution in [2.45, 2.75) is 0 Å². The van der Waals surface area contributed by atoms with Gasteiger partial charge in [-0.3, -0.25) is 15.0 Å². The van der Waals surface area contributed by atoms with E-state index in [1.54, 1.807) is 50.5 Å². The number of anilines is 1. The second kappa shape index (κ2) is 11.7. The molecule has 3 aromatic carbocycles. The van der Waals surface area contributed by atoms with Gasteiger partial charge in [0.25, 0.3) is 17.7 Å². The lowest BCUT2D eigenvalue weighted by Crippen LogP contribution is -2.26. The zero-order chi connectivity index (χ0) is 29.8. The first-order valence-corrected chi connectivity index (χ1v) is 12.5. The molecule has 0 unspecified atom stereocenters. The summed E-state index contributed by atoms with van der Waals surface area (Å²) in [6.45, 7) is -0.286. The number of aromatic nitrogens is 2. The Balaban J connectivity index is 1.55. The van der Waals surface area contributed by atoms with Gasteiger partial charge in [-0.25, -0.2) is 0 Å². The van der Waals surface area contributed by atoms with Crippen LogP contribution in [0.3, 0.4) is 0 Å². The van der Waals surface area contributed by atoms with Crippen LogP contribution in [0.5, 0.6) is 46.5 Å². The Morgan fingerprint density at radius 3 is 2.40 bits per heavy atom. The first-order valence-electron chi connectivity index (χ1n) is 12.5. The fraction of sp³-hybridized carbons (Fsp3) is 0.138. The molecular formula is C29H26N6O7. The number of amides is 2. The number of hydrogen-bond acceptors (Lipinski definition) is 10. The van der Waals surface area contributed by atoms with Gasteiger partial charge in [0.05, 0.1) is 7.11 Å². The van der Waals surface area contributed by atoms with Crippen molar-refractivity contribution in [2.24, 2.45) is 5.73 Å². The van der Waals surface area contributed by atoms with Crippen LogP contribution in [-0.2, 0) is 4.79 Å². The third-order valence-corrected chi connectivity index (χ3v) is 5.84. The van der Waals surface area contributed by atoms with Crippen molar-refractivity contribution in [3.8, 4) is 46.5 Å². The number of hydrogen-bond donors (Lipinski definition) is 3. The second-order valence-electron chi connectivity index (χ2n) is 9.12. The molecule has 0 aliphatic carbocycles. The molecule has 214 valence electrons. The molecule has 0 atom stereocenters. The number of para-hydroxylation sites is 1. The van der Waals surface area contributed by atoms with Crippen molar-refractivity contribution in [3.05, 3.63) is 77.9 Å². The summed E-state index contributed by atoms with van der Waals surface area (Å²) >= 11 is 0. The number of amidine groups is 1. The first-order chi connectivity index (χ1) is 20.2. The van der Waals surface area contributed by atoms with Crippen LogP contribution in [0.25, 0.3) is 0 Å². The van der Waals surface area contributed by atoms with Crippen LogP contribution >= 0.6 is 0 Å². The van der Waals surface area contributed by atoms with E-state index in [2.05, 4.69) is 15.3 Å². The fourth-order valence-electron chi connectivity index (χ4n) is 3.84. The second-order valence-corrected chi connectivity index (χ2v) is 9.12. The van der Waals surface area contributed by atoms with Crippen LogP contribution in [0.4, 0.5) is 5.69 Å². The number of nitrogens with two attached hydrogens (primary N) is 1. The lowest BCUT2D eigenvalue weighted by atomic mass is 10.2. The molecular weight excluding hydrogens is 544 g/mol. The average Bonchev–Trinajstić information content (AvgIpc) is 2.98. The number of methoxy groups -OCH3 is 1. The number of rotatable bonds is 9. The maximum atomic E-state index is 12.6. The molecule has 0 fully saturated rings. The van der Waals surface area contributed by atoms with Gasteiger partial charge in [-0.1, -0.05) is 18.2 Å². The van der Waals surface area contributed by atoms with E-state index in [9.17, 15) is 9.59 Å². The molecule has 13 nitrogen and oxygen atoms in total. The Morgan fingerprint density at radius 2 is 1.69 bits per heavy atom. The number of ether oxygens (including phenoxy) is 5. The quantitative estimate of drug-likeness (QED) is 0.196. The van der Waals surface area contributed by atoms with Gasteiger partial charge in [0.15, 0.2) is 23.8 Å². The smallest absolute Gasteiger partial charge is 0.328 e. The molecule has 1 aliphatic rings. The van der Waals surface area contributed by atoms with Gasteiger partial charge in [-0.15, -0.1) is 0 Å². The zero-order valence-electron chi connectivity index (χ0n) is 22.8. The number of nitrogens with one attached hydrogen (secondary N) is 2. The minimum Gasteiger partial charge on any atom is -0.497 e. The lowest BCUT2D eigenvalue weighted by Gasteiger charge is -2.20. The summed E-state index contributed by atoms with van der Waals surface area (Å²) in [6.07, 6.45) is 0. The molecule has 13 heteroatoms. The molecule has 0 saturated carbocycles. The molecule has 1 aliphatic heterocycles. The van der Waals surface area contributed by atoms with Gasteiger partial charge in [0, 0.05) is 31.3 Å². The summed E-state index contributed by atoms with van der Waals surface area (Å²) in [5, 5.41) is 10.5. The Labute approximate surface area is 240 Å². The highest BCUT2D eigenvalue weighted by Gasteiger charge is 2.27. The first kappa shape index (κ1) is 27.7. The number of carbonyl (C=O) groups is 2. The largest absolute Gasteiger partial charge is 0.497 e. The Hall–Kier alpha value is -5.85. The Bertz CT molecular complexity index is 1680. The monoisotopic (exact) mass is 570 g/mol. The maximum absolute atomic E-state index is 12.6. The van der Waals surface area contributed by atoms with Gasteiger partial charge >= 0.3 is 6.01 Å². The molecule has 2 heterocycles. The number of carbonyl (C=O) groups excluding carboxylic acids is 2. The van der Waals surface area contributed by atoms with Gasteiger partial charge in [-0.2, -0.15) is 9.97 Å². The van der Waals surface area contributed by atoms with Gasteiger partial charge < -0.3 is 39.6 Å². The predicted molar refractivity (Wildman–Crippen MR) is 151 cm³/mol. The van der Waals surface area contributed by atoms with E-state index in [0.29, 0.717) is 28.4 Å². The van der Waals surface area contributed by atoms with Crippen molar-refractivity contribution in [1.29, 1.82) is 5.41 Å². The van der Waals surface area contributed by atoms with E-state index in [0.717, 1.165) is 0 Å². The summed E-state index contributed by atoms with van der Waals surface area (Å²) in [6, 6.07) is 18.2. The minimum absolute atomic E-state index is 0.00432. The van der Waals surface area contributed by atoms with Crippen LogP contribution < -0.4 is 34.7 Å². The van der Waals surface area contributed by atoms with Crippen molar-refractivity contribution in [1.82, 2.24) is 14.9 Å². The van der Waals surface area contributed by atoms with E-state index in [4.69, 9.17) is 34.8 Å². The van der Waals surface area contributed by atoms with E-state index in [-0.39, 0.29) is 53.3 Å². The van der Waals surface area contributed by atoms with Crippen molar-refractivity contribution in [2.75, 3.05) is 33.1 Å². The summed E-state index contributed by atoms with van der Waals surface area (Å²) in [7, 11) is 4.70. The Kier molecular flexibility index (Phi) is 7.73. The number of nitrogen functional groups attached to an aromatic ring is 1. The van der Waals surface area contributed by atoms with E-state index >= 15 is 0 Å². The highest BCUT2D eigenvalue weighted by molar-refractivity contribution is 5.97. The summed E-state index contributed by atoms with van der Waals surface area (Å²) in [5.41, 5.74) is 6.45. The average molecular weight is 571 g/mol. The van der Waals surface area contributed by atoms with E-state index < -0.39 is 5.91 Å². The summed E-state index contributed by atoms with van der Waals surface area (Å²) in [4.78, 5) is 34.9. The lowest BCUT2D eigenvalue weighted by molar-refractivity contribution is -0.118. The molecule has 4 aromatic rings. The standard InChI is InChI=1S/C29H26N6O7/c1-35(2)28(37)17-11-19(38-3)14-20(12-17)41-27-24-26(39-15-23(36)32-24)33-29(34-27)42-22-13-16(25(30)31)9-10-21(22)40-18-7-5-4-6-8-18/h4-14H,15H2,1-3H3,(H3,30,31)(H,32,36). The number of benzene rings is 3. The third kappa shape index (κ3) is 6.14. The van der Waals surface area contributed by atoms with Crippen LogP contribution in [0.15, 0.2) is 66.7 Å². The van der Waals surface area contributed by atoms with Crippen LogP contribution in [0.2, 0.25) is 0 Å². The Morgan fingerprint density at radius 1 is 0.929 bits per heavy atom. The fourth-order valence-corrected chi connectivity index (χ4v) is 3.84. The summed E-state index contributed by atoms with van der Waals surface area (Å²) < 4.78 is 28.9. The maximum Gasteiger partial charge on any atom is 0.328 e. The third-order valence-electron chi connectivity index (χ3n) is 5.84. The zero-order valence-corrected chi connectivity index (χ0v) is 22.8. The van der Waals surface area contributed by atoms with Crippen molar-refractivity contribution < 1.29 is 33.3 Å². The normalized spacial score (nSPS) is 11.8. The molecule has 2 amide bonds. The molecule has 42 heavy (non-hydrogen) atoms. The van der Waals surface area contributed by atoms with Crippen molar-refractivity contribution >= 4 is 23.3 Å². The molecule has 0 spiro atoms. The molecule has 5 rings (SSSR count). The van der Waals surface area contributed by atoms with Gasteiger partial charge in [0.2, 0.25) is 5.88 Å². The molecule has 0 bridgehead atoms. The molecule has 0 saturated heterocycles. The van der Waals surface area contributed by atoms with E-state index in [1.807, 2.05) is 18.2 Å². The van der Waals surface area contributed by atoms with Crippen molar-refractivity contribution in [3.63, 3.8) is 0 Å². The SMILES string of the molecule is COc1cc(Oc2nc(Oc3cc(C(=N)N)ccc3Oc3ccccc3)nc3c2NC(=O)CO3)cc(C(=O)N(C)C)c1. The molecule has 0 radical (unpaired) electrons. The summed E-state index contributed by atoms with van der Waals surface area (Å²) in [5.74, 6) is 0.518. The highest BCUT2D eigenvalue weighted by atomic mass is 16.5. The van der Waals surface area contributed by atoms with E-state index in [1.165, 1.54) is 24.1 Å². The molecule has 1 aromatic heterocycles. The van der Waals surface area contributed by atoms with Crippen LogP contribution in [0, 0.1) is 5.41 Å².